The van der Waals surface area contributed by atoms with Gasteiger partial charge in [0.25, 0.3) is 5.91 Å². The van der Waals surface area contributed by atoms with Crippen molar-refractivity contribution in [2.24, 2.45) is 0 Å². The molecule has 2 aliphatic heterocycles. The Labute approximate surface area is 115 Å². The van der Waals surface area contributed by atoms with Crippen molar-refractivity contribution < 1.29 is 9.53 Å². The highest BCUT2D eigenvalue weighted by Crippen LogP contribution is 2.45. The van der Waals surface area contributed by atoms with E-state index in [1.807, 2.05) is 12.1 Å². The van der Waals surface area contributed by atoms with Gasteiger partial charge in [-0.25, -0.2) is 0 Å². The zero-order valence-electron chi connectivity index (χ0n) is 11.1. The summed E-state index contributed by atoms with van der Waals surface area (Å²) in [6, 6.07) is 7.26. The molecule has 1 N–H and O–H groups in total. The number of carbonyl (C=O) groups excluding carboxylic acids is 1. The number of H-pyrrole nitrogens is 1. The summed E-state index contributed by atoms with van der Waals surface area (Å²) in [5.74, 6) is -0.216. The maximum atomic E-state index is 12.6. The van der Waals surface area contributed by atoms with E-state index in [-0.39, 0.29) is 16.9 Å². The van der Waals surface area contributed by atoms with Gasteiger partial charge in [-0.1, -0.05) is 12.1 Å². The lowest BCUT2D eigenvalue weighted by Crippen LogP contribution is -2.40. The van der Waals surface area contributed by atoms with Crippen LogP contribution in [0.4, 0.5) is 0 Å². The number of para-hydroxylation sites is 1. The van der Waals surface area contributed by atoms with E-state index in [1.54, 1.807) is 24.1 Å². The average Bonchev–Trinajstić information content (AvgIpc) is 2.99. The third-order valence-electron chi connectivity index (χ3n) is 4.43. The van der Waals surface area contributed by atoms with E-state index < -0.39 is 5.72 Å². The number of hydrogen-bond acceptors (Lipinski definition) is 3. The zero-order chi connectivity index (χ0) is 13.9. The van der Waals surface area contributed by atoms with Gasteiger partial charge in [-0.05, 0) is 18.6 Å². The summed E-state index contributed by atoms with van der Waals surface area (Å²) >= 11 is 0. The number of pyridine rings is 1. The SMILES string of the molecule is COC12CCCN1C(=O)c1c2[nH]c2ccccc2c1=O. The van der Waals surface area contributed by atoms with Crippen LogP contribution in [0.1, 0.15) is 28.9 Å². The summed E-state index contributed by atoms with van der Waals surface area (Å²) in [5.41, 5.74) is 0.617. The third-order valence-corrected chi connectivity index (χ3v) is 4.43. The van der Waals surface area contributed by atoms with Crippen LogP contribution in [0, 0.1) is 0 Å². The minimum Gasteiger partial charge on any atom is -0.354 e. The van der Waals surface area contributed by atoms with Crippen molar-refractivity contribution in [2.75, 3.05) is 13.7 Å². The quantitative estimate of drug-likeness (QED) is 0.855. The van der Waals surface area contributed by atoms with Gasteiger partial charge >= 0.3 is 0 Å². The van der Waals surface area contributed by atoms with Crippen LogP contribution in [0.15, 0.2) is 29.1 Å². The molecule has 1 saturated heterocycles. The van der Waals surface area contributed by atoms with E-state index in [0.29, 0.717) is 17.6 Å². The van der Waals surface area contributed by atoms with Crippen molar-refractivity contribution >= 4 is 16.8 Å². The molecule has 2 aliphatic rings. The first-order chi connectivity index (χ1) is 9.69. The van der Waals surface area contributed by atoms with Crippen molar-refractivity contribution in [3.8, 4) is 0 Å². The number of aromatic amines is 1. The van der Waals surface area contributed by atoms with Crippen LogP contribution in [-0.4, -0.2) is 29.4 Å². The topological polar surface area (TPSA) is 62.4 Å². The maximum absolute atomic E-state index is 12.6. The molecule has 0 radical (unpaired) electrons. The molecule has 5 heteroatoms. The van der Waals surface area contributed by atoms with Crippen molar-refractivity contribution in [1.82, 2.24) is 9.88 Å². The summed E-state index contributed by atoms with van der Waals surface area (Å²) < 4.78 is 5.66. The van der Waals surface area contributed by atoms with Gasteiger partial charge in [-0.15, -0.1) is 0 Å². The number of methoxy groups -OCH3 is 1. The first kappa shape index (κ1) is 11.7. The number of fused-ring (bicyclic) bond motifs is 4. The van der Waals surface area contributed by atoms with E-state index in [2.05, 4.69) is 4.98 Å². The van der Waals surface area contributed by atoms with Crippen LogP contribution in [0.2, 0.25) is 0 Å². The number of amides is 1. The fourth-order valence-corrected chi connectivity index (χ4v) is 3.50. The normalized spacial score (nSPS) is 24.2. The van der Waals surface area contributed by atoms with Crippen LogP contribution >= 0.6 is 0 Å². The Bertz CT molecular complexity index is 795. The number of hydrogen-bond donors (Lipinski definition) is 1. The smallest absolute Gasteiger partial charge is 0.262 e. The second-order valence-electron chi connectivity index (χ2n) is 5.30. The predicted molar refractivity (Wildman–Crippen MR) is 73.5 cm³/mol. The first-order valence-electron chi connectivity index (χ1n) is 6.71. The fourth-order valence-electron chi connectivity index (χ4n) is 3.50. The van der Waals surface area contributed by atoms with Gasteiger partial charge in [0, 0.05) is 31.0 Å². The largest absolute Gasteiger partial charge is 0.354 e. The standard InChI is InChI=1S/C15H14N2O3/c1-20-15-7-4-8-17(15)14(19)11-12(18)9-5-2-3-6-10(9)16-13(11)15/h2-3,5-6H,4,7-8H2,1H3,(H,16,18). The van der Waals surface area contributed by atoms with Gasteiger partial charge in [0.15, 0.2) is 5.72 Å². The van der Waals surface area contributed by atoms with Crippen molar-refractivity contribution in [2.45, 2.75) is 18.6 Å². The number of carbonyl (C=O) groups is 1. The molecule has 1 aromatic heterocycles. The highest BCUT2D eigenvalue weighted by molar-refractivity contribution is 6.02. The Balaban J connectivity index is 2.14. The summed E-state index contributed by atoms with van der Waals surface area (Å²) in [4.78, 5) is 30.1. The molecule has 0 spiro atoms. The van der Waals surface area contributed by atoms with Gasteiger partial charge in [-0.2, -0.15) is 0 Å². The van der Waals surface area contributed by atoms with Gasteiger partial charge in [0.05, 0.1) is 5.69 Å². The summed E-state index contributed by atoms with van der Waals surface area (Å²) in [6.45, 7) is 0.630. The number of rotatable bonds is 1. The van der Waals surface area contributed by atoms with Crippen LogP contribution in [0.5, 0.6) is 0 Å². The highest BCUT2D eigenvalue weighted by Gasteiger charge is 2.55. The maximum Gasteiger partial charge on any atom is 0.262 e. The molecule has 20 heavy (non-hydrogen) atoms. The molecule has 0 aliphatic carbocycles. The van der Waals surface area contributed by atoms with Crippen LogP contribution in [0.3, 0.4) is 0 Å². The van der Waals surface area contributed by atoms with Crippen LogP contribution in [-0.2, 0) is 10.5 Å². The number of nitrogens with zero attached hydrogens (tertiary/aromatic N) is 1. The van der Waals surface area contributed by atoms with E-state index in [1.165, 1.54) is 0 Å². The zero-order valence-corrected chi connectivity index (χ0v) is 11.1. The molecule has 0 saturated carbocycles. The molecule has 3 heterocycles. The van der Waals surface area contributed by atoms with Gasteiger partial charge < -0.3 is 14.6 Å². The van der Waals surface area contributed by atoms with E-state index in [9.17, 15) is 9.59 Å². The summed E-state index contributed by atoms with van der Waals surface area (Å²) in [6.07, 6.45) is 1.60. The van der Waals surface area contributed by atoms with Gasteiger partial charge in [0.1, 0.15) is 5.56 Å². The monoisotopic (exact) mass is 270 g/mol. The first-order valence-corrected chi connectivity index (χ1v) is 6.71. The molecular formula is C15H14N2O3. The van der Waals surface area contributed by atoms with E-state index in [4.69, 9.17) is 4.74 Å². The number of benzene rings is 1. The molecule has 1 fully saturated rings. The minimum atomic E-state index is -0.782. The Morgan fingerprint density at radius 1 is 1.30 bits per heavy atom. The fraction of sp³-hybridized carbons (Fsp3) is 0.333. The molecule has 102 valence electrons. The number of aromatic nitrogens is 1. The second-order valence-corrected chi connectivity index (χ2v) is 5.30. The Kier molecular flexibility index (Phi) is 2.16. The van der Waals surface area contributed by atoms with Crippen molar-refractivity contribution in [1.29, 1.82) is 0 Å². The van der Waals surface area contributed by atoms with Crippen LogP contribution < -0.4 is 5.43 Å². The molecule has 4 rings (SSSR count). The Hall–Kier alpha value is -2.14. The predicted octanol–water partition coefficient (Wildman–Crippen LogP) is 1.58. The van der Waals surface area contributed by atoms with Crippen LogP contribution in [0.25, 0.3) is 10.9 Å². The summed E-state index contributed by atoms with van der Waals surface area (Å²) in [7, 11) is 1.59. The molecule has 2 aromatic rings. The Morgan fingerprint density at radius 2 is 2.10 bits per heavy atom. The number of nitrogens with one attached hydrogen (secondary N) is 1. The number of ether oxygens (including phenoxy) is 1. The Morgan fingerprint density at radius 3 is 2.90 bits per heavy atom. The molecular weight excluding hydrogens is 256 g/mol. The van der Waals surface area contributed by atoms with Gasteiger partial charge in [0.2, 0.25) is 5.43 Å². The summed E-state index contributed by atoms with van der Waals surface area (Å²) in [5, 5.41) is 0.548. The lowest BCUT2D eigenvalue weighted by Gasteiger charge is -2.30. The average molecular weight is 270 g/mol. The lowest BCUT2D eigenvalue weighted by molar-refractivity contribution is -0.0943. The lowest BCUT2D eigenvalue weighted by atomic mass is 10.0. The van der Waals surface area contributed by atoms with E-state index >= 15 is 0 Å². The third kappa shape index (κ3) is 1.16. The van der Waals surface area contributed by atoms with Crippen molar-refractivity contribution in [3.63, 3.8) is 0 Å². The second kappa shape index (κ2) is 3.70. The molecule has 1 atom stereocenters. The minimum absolute atomic E-state index is 0.204. The van der Waals surface area contributed by atoms with Gasteiger partial charge in [-0.3, -0.25) is 9.59 Å². The molecule has 1 aromatic carbocycles. The molecule has 1 amide bonds. The van der Waals surface area contributed by atoms with E-state index in [0.717, 1.165) is 18.4 Å². The molecule has 0 bridgehead atoms. The molecule has 1 unspecified atom stereocenters. The molecule has 5 nitrogen and oxygen atoms in total. The highest BCUT2D eigenvalue weighted by atomic mass is 16.5. The van der Waals surface area contributed by atoms with Crippen molar-refractivity contribution in [3.05, 3.63) is 45.7 Å².